The number of carbonyl (C=O) groups excluding carboxylic acids is 1. The topological polar surface area (TPSA) is 75.3 Å². The smallest absolute Gasteiger partial charge is 0.256 e. The molecule has 4 heterocycles. The Balaban J connectivity index is 1.59. The lowest BCUT2D eigenvalue weighted by atomic mass is 9.93. The SMILES string of the molecule is Cc1cc(-c2cnc3c(c2C)NCCO3)cc2c1NC(=O)/C2=C\C1CC(C)CN1. The highest BCUT2D eigenvalue weighted by molar-refractivity contribution is 6.32. The van der Waals surface area contributed by atoms with Gasteiger partial charge in [-0.1, -0.05) is 13.0 Å². The molecule has 2 unspecified atom stereocenters. The van der Waals surface area contributed by atoms with E-state index < -0.39 is 0 Å². The lowest BCUT2D eigenvalue weighted by Gasteiger charge is -2.22. The molecule has 5 rings (SSSR count). The lowest BCUT2D eigenvalue weighted by Crippen LogP contribution is -2.20. The summed E-state index contributed by atoms with van der Waals surface area (Å²) in [7, 11) is 0. The van der Waals surface area contributed by atoms with Crippen LogP contribution in [0.1, 0.15) is 30.0 Å². The summed E-state index contributed by atoms with van der Waals surface area (Å²) in [4.78, 5) is 17.2. The van der Waals surface area contributed by atoms with Gasteiger partial charge in [-0.15, -0.1) is 0 Å². The second kappa shape index (κ2) is 6.88. The average molecular weight is 390 g/mol. The maximum Gasteiger partial charge on any atom is 0.256 e. The van der Waals surface area contributed by atoms with Gasteiger partial charge in [0.05, 0.1) is 5.69 Å². The van der Waals surface area contributed by atoms with Gasteiger partial charge in [0.1, 0.15) is 12.3 Å². The van der Waals surface area contributed by atoms with Crippen LogP contribution in [0.25, 0.3) is 16.7 Å². The summed E-state index contributed by atoms with van der Waals surface area (Å²) in [5.74, 6) is 1.28. The molecule has 29 heavy (non-hydrogen) atoms. The molecule has 3 N–H and O–H groups in total. The molecule has 0 radical (unpaired) electrons. The summed E-state index contributed by atoms with van der Waals surface area (Å²) in [6.07, 6.45) is 5.03. The Labute approximate surface area is 170 Å². The number of aromatic nitrogens is 1. The molecule has 3 aliphatic heterocycles. The summed E-state index contributed by atoms with van der Waals surface area (Å²) >= 11 is 0. The van der Waals surface area contributed by atoms with Crippen molar-refractivity contribution in [3.63, 3.8) is 0 Å². The van der Waals surface area contributed by atoms with Crippen molar-refractivity contribution in [2.24, 2.45) is 5.92 Å². The Morgan fingerprint density at radius 2 is 2.07 bits per heavy atom. The Bertz CT molecular complexity index is 1040. The number of ether oxygens (including phenoxy) is 1. The van der Waals surface area contributed by atoms with Gasteiger partial charge >= 0.3 is 0 Å². The van der Waals surface area contributed by atoms with Crippen LogP contribution >= 0.6 is 0 Å². The first-order chi connectivity index (χ1) is 14.0. The molecule has 3 aliphatic rings. The van der Waals surface area contributed by atoms with E-state index in [-0.39, 0.29) is 11.9 Å². The normalized spacial score (nSPS) is 24.0. The first-order valence-corrected chi connectivity index (χ1v) is 10.3. The molecule has 1 fully saturated rings. The van der Waals surface area contributed by atoms with Crippen LogP contribution in [-0.4, -0.2) is 36.6 Å². The number of anilines is 2. The second-order valence-corrected chi connectivity index (χ2v) is 8.36. The fourth-order valence-electron chi connectivity index (χ4n) is 4.58. The molecule has 6 nitrogen and oxygen atoms in total. The zero-order valence-electron chi connectivity index (χ0n) is 17.1. The number of carbonyl (C=O) groups is 1. The predicted octanol–water partition coefficient (Wildman–Crippen LogP) is 3.50. The van der Waals surface area contributed by atoms with Crippen LogP contribution < -0.4 is 20.7 Å². The molecule has 150 valence electrons. The maximum absolute atomic E-state index is 12.7. The van der Waals surface area contributed by atoms with Crippen LogP contribution in [0.5, 0.6) is 5.88 Å². The van der Waals surface area contributed by atoms with E-state index in [1.807, 2.05) is 13.1 Å². The van der Waals surface area contributed by atoms with Gasteiger partial charge in [-0.05, 0) is 61.6 Å². The molecule has 6 heteroatoms. The highest BCUT2D eigenvalue weighted by Gasteiger charge is 2.29. The van der Waals surface area contributed by atoms with Gasteiger partial charge in [-0.25, -0.2) is 4.98 Å². The third-order valence-corrected chi connectivity index (χ3v) is 6.12. The summed E-state index contributed by atoms with van der Waals surface area (Å²) in [6.45, 7) is 8.78. The number of amides is 1. The monoisotopic (exact) mass is 390 g/mol. The molecule has 0 aliphatic carbocycles. The second-order valence-electron chi connectivity index (χ2n) is 8.36. The minimum atomic E-state index is -0.0167. The largest absolute Gasteiger partial charge is 0.474 e. The quantitative estimate of drug-likeness (QED) is 0.685. The van der Waals surface area contributed by atoms with E-state index in [1.165, 1.54) is 0 Å². The van der Waals surface area contributed by atoms with E-state index >= 15 is 0 Å². The number of fused-ring (bicyclic) bond motifs is 2. The van der Waals surface area contributed by atoms with Crippen molar-refractivity contribution in [1.29, 1.82) is 0 Å². The van der Waals surface area contributed by atoms with E-state index in [9.17, 15) is 4.79 Å². The minimum absolute atomic E-state index is 0.0167. The molecule has 2 aromatic rings. The Kier molecular flexibility index (Phi) is 4.32. The van der Waals surface area contributed by atoms with Crippen molar-refractivity contribution in [2.45, 2.75) is 33.2 Å². The fraction of sp³-hybridized carbons (Fsp3) is 0.391. The molecule has 1 amide bonds. The zero-order valence-corrected chi connectivity index (χ0v) is 17.1. The molecule has 0 bridgehead atoms. The third kappa shape index (κ3) is 3.08. The molecular formula is C23H26N4O2. The molecule has 2 atom stereocenters. The van der Waals surface area contributed by atoms with E-state index in [2.05, 4.69) is 53.0 Å². The number of nitrogens with zero attached hydrogens (tertiary/aromatic N) is 1. The van der Waals surface area contributed by atoms with E-state index in [0.717, 1.165) is 64.3 Å². The van der Waals surface area contributed by atoms with Gasteiger partial charge in [-0.2, -0.15) is 0 Å². The number of aryl methyl sites for hydroxylation is 1. The fourth-order valence-corrected chi connectivity index (χ4v) is 4.58. The molecular weight excluding hydrogens is 364 g/mol. The Hall–Kier alpha value is -2.86. The van der Waals surface area contributed by atoms with Gasteiger partial charge in [0.2, 0.25) is 5.88 Å². The van der Waals surface area contributed by atoms with E-state index in [4.69, 9.17) is 4.74 Å². The number of hydrogen-bond acceptors (Lipinski definition) is 5. The van der Waals surface area contributed by atoms with Gasteiger partial charge in [-0.3, -0.25) is 4.79 Å². The Morgan fingerprint density at radius 1 is 1.21 bits per heavy atom. The molecule has 1 aromatic heterocycles. The Morgan fingerprint density at radius 3 is 2.86 bits per heavy atom. The summed E-state index contributed by atoms with van der Waals surface area (Å²) < 4.78 is 5.66. The molecule has 0 saturated carbocycles. The van der Waals surface area contributed by atoms with Crippen molar-refractivity contribution in [1.82, 2.24) is 10.3 Å². The first kappa shape index (κ1) is 18.2. The average Bonchev–Trinajstić information content (AvgIpc) is 3.26. The zero-order chi connectivity index (χ0) is 20.1. The van der Waals surface area contributed by atoms with Crippen LogP contribution in [0.15, 0.2) is 24.4 Å². The van der Waals surface area contributed by atoms with E-state index in [0.29, 0.717) is 18.4 Å². The minimum Gasteiger partial charge on any atom is -0.474 e. The summed E-state index contributed by atoms with van der Waals surface area (Å²) in [5, 5.41) is 9.96. The highest BCUT2D eigenvalue weighted by atomic mass is 16.5. The van der Waals surface area contributed by atoms with Gasteiger partial charge < -0.3 is 20.7 Å². The number of nitrogens with one attached hydrogen (secondary N) is 3. The summed E-state index contributed by atoms with van der Waals surface area (Å²) in [6, 6.07) is 4.48. The lowest BCUT2D eigenvalue weighted by molar-refractivity contribution is -0.110. The maximum atomic E-state index is 12.7. The highest BCUT2D eigenvalue weighted by Crippen LogP contribution is 2.41. The first-order valence-electron chi connectivity index (χ1n) is 10.3. The predicted molar refractivity (Wildman–Crippen MR) is 115 cm³/mol. The van der Waals surface area contributed by atoms with Crippen molar-refractivity contribution in [3.05, 3.63) is 41.1 Å². The van der Waals surface area contributed by atoms with Crippen LogP contribution in [0.3, 0.4) is 0 Å². The summed E-state index contributed by atoms with van der Waals surface area (Å²) in [5.41, 5.74) is 7.92. The number of benzene rings is 1. The number of pyridine rings is 1. The third-order valence-electron chi connectivity index (χ3n) is 6.12. The van der Waals surface area contributed by atoms with Crippen LogP contribution in [-0.2, 0) is 4.79 Å². The number of rotatable bonds is 2. The van der Waals surface area contributed by atoms with Gasteiger partial charge in [0, 0.05) is 35.5 Å². The molecule has 0 spiro atoms. The number of hydrogen-bond donors (Lipinski definition) is 3. The van der Waals surface area contributed by atoms with E-state index in [1.54, 1.807) is 0 Å². The van der Waals surface area contributed by atoms with Crippen molar-refractivity contribution in [2.75, 3.05) is 30.3 Å². The van der Waals surface area contributed by atoms with Crippen LogP contribution in [0.4, 0.5) is 11.4 Å². The van der Waals surface area contributed by atoms with Crippen molar-refractivity contribution >= 4 is 22.9 Å². The standard InChI is InChI=1S/C23H26N4O2/c1-12-6-16(25-10-12)9-18-17-8-15(7-13(2)20(17)27-22(18)28)19-11-26-23-21(14(19)3)24-4-5-29-23/h7-9,11-12,16,24-25H,4-6,10H2,1-3H3,(H,27,28)/b18-9-. The van der Waals surface area contributed by atoms with Crippen LogP contribution in [0, 0.1) is 19.8 Å². The van der Waals surface area contributed by atoms with Gasteiger partial charge in [0.15, 0.2) is 0 Å². The molecule has 1 saturated heterocycles. The van der Waals surface area contributed by atoms with Crippen molar-refractivity contribution in [3.8, 4) is 17.0 Å². The molecule has 1 aromatic carbocycles. The van der Waals surface area contributed by atoms with Crippen LogP contribution in [0.2, 0.25) is 0 Å². The van der Waals surface area contributed by atoms with Crippen molar-refractivity contribution < 1.29 is 9.53 Å². The van der Waals surface area contributed by atoms with Gasteiger partial charge in [0.25, 0.3) is 5.91 Å².